The Morgan fingerprint density at radius 1 is 0.596 bits per heavy atom. The molecule has 10 atom stereocenters. The molecule has 0 saturated carbocycles. The minimum absolute atomic E-state index is 0.0654. The van der Waals surface area contributed by atoms with Gasteiger partial charge in [-0.2, -0.15) is 0 Å². The number of esters is 2. The molecule has 16 heteroatoms. The lowest BCUT2D eigenvalue weighted by Crippen LogP contribution is -2.66. The molecule has 4 fully saturated rings. The van der Waals surface area contributed by atoms with E-state index < -0.39 is 119 Å². The molecule has 0 spiro atoms. The van der Waals surface area contributed by atoms with E-state index in [1.807, 2.05) is 0 Å². The molecule has 282 valence electrons. The van der Waals surface area contributed by atoms with Crippen LogP contribution in [0.2, 0.25) is 0 Å². The van der Waals surface area contributed by atoms with Crippen LogP contribution in [0, 0.1) is 23.7 Å². The molecule has 0 radical (unpaired) electrons. The Kier molecular flexibility index (Phi) is 9.93. The highest BCUT2D eigenvalue weighted by atomic mass is 16.6. The summed E-state index contributed by atoms with van der Waals surface area (Å²) >= 11 is 0. The molecule has 0 aromatic heterocycles. The lowest BCUT2D eigenvalue weighted by Gasteiger charge is -2.36. The molecule has 0 aromatic rings. The first-order valence-corrected chi connectivity index (χ1v) is 17.8. The van der Waals surface area contributed by atoms with E-state index in [1.54, 1.807) is 65.8 Å². The first-order chi connectivity index (χ1) is 24.4. The molecule has 6 aliphatic heterocycles. The molecule has 4 bridgehead atoms. The maximum absolute atomic E-state index is 14.3. The van der Waals surface area contributed by atoms with Crippen LogP contribution in [0.1, 0.15) is 67.2 Å². The third kappa shape index (κ3) is 7.01. The van der Waals surface area contributed by atoms with Gasteiger partial charge < -0.3 is 29.6 Å². The van der Waals surface area contributed by atoms with E-state index in [1.165, 1.54) is 0 Å². The highest BCUT2D eigenvalue weighted by Crippen LogP contribution is 2.48. The highest BCUT2D eigenvalue weighted by Gasteiger charge is 2.67. The Bertz CT molecular complexity index is 1450. The number of hydrogen-bond donors (Lipinski definition) is 2. The SMILES string of the molecule is CC(C)(C)OC(=O)CCCNC(=O)[C@@H]([C@H](C(=O)NCCCC(=O)OC(C)(C)C)N1C(=O)C2C(C1=O)[C@H]1C=C[C@@H]2O1)N1C(=O)C2C(C1=O)[C@H]1C=C[C@@H]2O1. The normalized spacial score (nSPS) is 30.9. The third-order valence-corrected chi connectivity index (χ3v) is 9.84. The van der Waals surface area contributed by atoms with Gasteiger partial charge >= 0.3 is 11.9 Å². The van der Waals surface area contributed by atoms with E-state index in [0.717, 1.165) is 0 Å². The maximum atomic E-state index is 14.3. The number of likely N-dealkylation sites (tertiary alicyclic amines) is 2. The van der Waals surface area contributed by atoms with Crippen LogP contribution >= 0.6 is 0 Å². The van der Waals surface area contributed by atoms with Gasteiger partial charge in [-0.05, 0) is 54.4 Å². The fraction of sp³-hybridized carbons (Fsp3) is 0.667. The predicted molar refractivity (Wildman–Crippen MR) is 177 cm³/mol. The number of nitrogens with zero attached hydrogens (tertiary/aromatic N) is 2. The van der Waals surface area contributed by atoms with E-state index in [0.29, 0.717) is 9.80 Å². The van der Waals surface area contributed by atoms with Crippen LogP contribution in [-0.2, 0) is 57.3 Å². The van der Waals surface area contributed by atoms with Gasteiger partial charge in [-0.15, -0.1) is 0 Å². The molecule has 4 unspecified atom stereocenters. The number of amides is 6. The largest absolute Gasteiger partial charge is 0.460 e. The number of rotatable bonds is 13. The summed E-state index contributed by atoms with van der Waals surface area (Å²) in [4.78, 5) is 111. The molecule has 6 aliphatic rings. The Morgan fingerprint density at radius 2 is 0.885 bits per heavy atom. The van der Waals surface area contributed by atoms with Crippen LogP contribution in [0.3, 0.4) is 0 Å². The lowest BCUT2D eigenvalue weighted by atomic mass is 9.85. The molecule has 6 rings (SSSR count). The van der Waals surface area contributed by atoms with Gasteiger partial charge in [0.25, 0.3) is 0 Å². The van der Waals surface area contributed by atoms with Crippen molar-refractivity contribution in [3.63, 3.8) is 0 Å². The molecular weight excluding hydrogens is 680 g/mol. The average molecular weight is 727 g/mol. The van der Waals surface area contributed by atoms with Crippen LogP contribution in [0.25, 0.3) is 0 Å². The first kappa shape index (κ1) is 37.3. The van der Waals surface area contributed by atoms with Gasteiger partial charge in [0.05, 0.1) is 48.1 Å². The Labute approximate surface area is 300 Å². The smallest absolute Gasteiger partial charge is 0.306 e. The summed E-state index contributed by atoms with van der Waals surface area (Å²) in [6, 6.07) is -3.92. The van der Waals surface area contributed by atoms with Crippen molar-refractivity contribution in [2.24, 2.45) is 23.7 Å². The zero-order valence-electron chi connectivity index (χ0n) is 30.1. The monoisotopic (exact) mass is 726 g/mol. The second-order valence-electron chi connectivity index (χ2n) is 15.9. The van der Waals surface area contributed by atoms with Crippen LogP contribution in [-0.4, -0.2) is 118 Å². The van der Waals surface area contributed by atoms with Crippen molar-refractivity contribution in [2.45, 2.75) is 115 Å². The van der Waals surface area contributed by atoms with Crippen molar-refractivity contribution in [3.05, 3.63) is 24.3 Å². The minimum atomic E-state index is -1.96. The molecule has 4 saturated heterocycles. The maximum Gasteiger partial charge on any atom is 0.306 e. The lowest BCUT2D eigenvalue weighted by molar-refractivity contribution is -0.161. The Hall–Kier alpha value is -4.44. The number of ether oxygens (including phenoxy) is 4. The highest BCUT2D eigenvalue weighted by molar-refractivity contribution is 6.14. The Balaban J connectivity index is 1.29. The fourth-order valence-corrected chi connectivity index (χ4v) is 7.89. The van der Waals surface area contributed by atoms with Crippen LogP contribution in [0.4, 0.5) is 0 Å². The van der Waals surface area contributed by atoms with Crippen molar-refractivity contribution in [3.8, 4) is 0 Å². The quantitative estimate of drug-likeness (QED) is 0.112. The average Bonchev–Trinajstić information content (AvgIpc) is 3.89. The molecule has 6 amide bonds. The summed E-state index contributed by atoms with van der Waals surface area (Å²) in [5.41, 5.74) is -1.45. The predicted octanol–water partition coefficient (Wildman–Crippen LogP) is 0.0766. The standard InChI is InChI=1S/C36H46N4O12/c1-35(2,3)51-21(41)9-7-15-37-29(43)27(39-31(45)23-17-11-12-18(49-17)24(23)32(39)46)28(30(44)38-16-8-10-22(42)52-36(4,5)6)40-33(47)25-19-13-14-20(50-19)26(25)34(40)48/h11-14,17-20,23-28H,7-10,15-16H2,1-6H3,(H,37,43)(H,38,44)/t17-,18+,19-,20+,23?,24?,25?,26?,27-,28-/m1/s1. The summed E-state index contributed by atoms with van der Waals surface area (Å²) in [7, 11) is 0. The zero-order valence-corrected chi connectivity index (χ0v) is 30.1. The molecule has 16 nitrogen and oxygen atoms in total. The fourth-order valence-electron chi connectivity index (χ4n) is 7.89. The number of imide groups is 2. The van der Waals surface area contributed by atoms with Gasteiger partial charge in [0.1, 0.15) is 23.3 Å². The topological polar surface area (TPSA) is 204 Å². The van der Waals surface area contributed by atoms with Crippen molar-refractivity contribution < 1.29 is 57.3 Å². The molecule has 0 aromatic carbocycles. The molecule has 6 heterocycles. The van der Waals surface area contributed by atoms with Gasteiger partial charge in [0.15, 0.2) is 0 Å². The second kappa shape index (κ2) is 13.8. The number of fused-ring (bicyclic) bond motifs is 10. The Morgan fingerprint density at radius 3 is 1.15 bits per heavy atom. The number of carbonyl (C=O) groups is 8. The van der Waals surface area contributed by atoms with Crippen LogP contribution in [0.5, 0.6) is 0 Å². The summed E-state index contributed by atoms with van der Waals surface area (Å²) in [6.07, 6.45) is 3.88. The van der Waals surface area contributed by atoms with E-state index in [4.69, 9.17) is 18.9 Å². The van der Waals surface area contributed by atoms with E-state index in [2.05, 4.69) is 10.6 Å². The summed E-state index contributed by atoms with van der Waals surface area (Å²) in [5, 5.41) is 5.26. The second-order valence-corrected chi connectivity index (χ2v) is 15.9. The summed E-state index contributed by atoms with van der Waals surface area (Å²) < 4.78 is 22.2. The van der Waals surface area contributed by atoms with Crippen LogP contribution in [0.15, 0.2) is 24.3 Å². The summed E-state index contributed by atoms with van der Waals surface area (Å²) in [5.74, 6) is -9.88. The van der Waals surface area contributed by atoms with Gasteiger partial charge in [0, 0.05) is 25.9 Å². The van der Waals surface area contributed by atoms with Gasteiger partial charge in [-0.3, -0.25) is 48.2 Å². The number of carbonyl (C=O) groups excluding carboxylic acids is 8. The van der Waals surface area contributed by atoms with Crippen molar-refractivity contribution in [1.29, 1.82) is 0 Å². The molecular formula is C36H46N4O12. The molecule has 0 aliphatic carbocycles. The minimum Gasteiger partial charge on any atom is -0.460 e. The van der Waals surface area contributed by atoms with E-state index >= 15 is 0 Å². The van der Waals surface area contributed by atoms with Crippen molar-refractivity contribution >= 4 is 47.4 Å². The first-order valence-electron chi connectivity index (χ1n) is 17.8. The van der Waals surface area contributed by atoms with E-state index in [9.17, 15) is 38.4 Å². The van der Waals surface area contributed by atoms with Crippen LogP contribution < -0.4 is 10.6 Å². The summed E-state index contributed by atoms with van der Waals surface area (Å²) in [6.45, 7) is 10.1. The number of hydrogen-bond acceptors (Lipinski definition) is 12. The number of nitrogens with one attached hydrogen (secondary N) is 2. The van der Waals surface area contributed by atoms with Crippen molar-refractivity contribution in [2.75, 3.05) is 13.1 Å². The van der Waals surface area contributed by atoms with Gasteiger partial charge in [-0.1, -0.05) is 24.3 Å². The third-order valence-electron chi connectivity index (χ3n) is 9.84. The zero-order chi connectivity index (χ0) is 37.9. The molecule has 2 N–H and O–H groups in total. The molecule has 52 heavy (non-hydrogen) atoms. The van der Waals surface area contributed by atoms with Crippen molar-refractivity contribution in [1.82, 2.24) is 20.4 Å². The van der Waals surface area contributed by atoms with Gasteiger partial charge in [0.2, 0.25) is 35.4 Å². The van der Waals surface area contributed by atoms with Gasteiger partial charge in [-0.25, -0.2) is 0 Å². The van der Waals surface area contributed by atoms with E-state index in [-0.39, 0.29) is 38.8 Å².